The van der Waals surface area contributed by atoms with Crippen LogP contribution in [0.25, 0.3) is 257 Å². The van der Waals surface area contributed by atoms with E-state index in [-0.39, 0.29) is 0 Å². The van der Waals surface area contributed by atoms with Crippen LogP contribution in [-0.2, 0) is 0 Å². The number of furan rings is 1. The molecule has 0 saturated heterocycles. The van der Waals surface area contributed by atoms with Crippen LogP contribution >= 0.6 is 11.3 Å². The molecule has 0 aliphatic heterocycles. The highest BCUT2D eigenvalue weighted by Crippen LogP contribution is 2.47. The van der Waals surface area contributed by atoms with Crippen LogP contribution in [0.15, 0.2) is 496 Å². The summed E-state index contributed by atoms with van der Waals surface area (Å²) in [5.74, 6) is 0. The Morgan fingerprint density at radius 3 is 0.889 bits per heavy atom. The summed E-state index contributed by atoms with van der Waals surface area (Å²) >= 11 is 1.87. The van der Waals surface area contributed by atoms with Gasteiger partial charge in [-0.2, -0.15) is 0 Å². The van der Waals surface area contributed by atoms with Crippen LogP contribution < -0.4 is 0 Å². The van der Waals surface area contributed by atoms with Crippen molar-refractivity contribution in [1.29, 1.82) is 0 Å². The van der Waals surface area contributed by atoms with Crippen LogP contribution in [0.3, 0.4) is 0 Å². The maximum atomic E-state index is 6.49. The van der Waals surface area contributed by atoms with E-state index in [0.717, 1.165) is 33.1 Å². The second-order valence-corrected chi connectivity index (χ2v) is 36.4. The van der Waals surface area contributed by atoms with E-state index in [1.165, 1.54) is 224 Å². The standard InChI is InChI=1S/C44H28N2.C42H26N2O.C42H27NS/c1-2-11-33(12-3-1)45-41-16-8-6-14-37(41)39-27-30(20-24-43(39)45)31-21-25-44-40(28-31)38-15-7-9-17-42(38)46(44)34-22-23-36-32(26-34)19-18-29-10-4-5-13-35(29)36;1-2-11-29(12-3-1)43-36-17-7-4-13-30(36)34-25-27(21-23-38(34)43)28-22-24-39-35(26-28)31-14-5-8-18-37(31)44(39)40-19-10-16-33-32-15-6-9-20-41(32)45-42(33)40;1-3-9-28(10-4-1)30-15-20-34(21-16-30)43-39-14-8-7-13-35(39)36-25-32(17-22-40(36)43)33-19-24-42-38(27-33)37-26-31(18-23-41(37)44-42)29-11-5-2-6-12-29/h1-28H;1-26H;1-27H. The van der Waals surface area contributed by atoms with Crippen molar-refractivity contribution in [2.75, 3.05) is 0 Å². The molecular formula is C128H81N5OS. The van der Waals surface area contributed by atoms with Gasteiger partial charge in [0.15, 0.2) is 5.58 Å². The molecule has 22 aromatic carbocycles. The van der Waals surface area contributed by atoms with Gasteiger partial charge in [-0.05, 0) is 253 Å². The van der Waals surface area contributed by atoms with Crippen LogP contribution in [0.1, 0.15) is 0 Å². The quantitative estimate of drug-likeness (QED) is 0.126. The first-order valence-electron chi connectivity index (χ1n) is 46.2. The van der Waals surface area contributed by atoms with E-state index in [2.05, 4.69) is 502 Å². The molecule has 29 rings (SSSR count). The Labute approximate surface area is 781 Å². The first-order valence-corrected chi connectivity index (χ1v) is 47.1. The Morgan fingerprint density at radius 1 is 0.148 bits per heavy atom. The number of aromatic nitrogens is 5. The smallest absolute Gasteiger partial charge is 0.159 e. The fourth-order valence-electron chi connectivity index (χ4n) is 21.5. The number of nitrogens with zero attached hydrogens (tertiary/aromatic N) is 5. The molecule has 0 unspecified atom stereocenters. The average Bonchev–Trinajstić information content (AvgIpc) is 1.93. The molecule has 29 aromatic rings. The summed E-state index contributed by atoms with van der Waals surface area (Å²) in [6, 6.07) is 178. The summed E-state index contributed by atoms with van der Waals surface area (Å²) in [6.07, 6.45) is 0. The fourth-order valence-corrected chi connectivity index (χ4v) is 22.6. The summed E-state index contributed by atoms with van der Waals surface area (Å²) in [5, 5.41) is 22.6. The van der Waals surface area contributed by atoms with Gasteiger partial charge in [-0.3, -0.25) is 0 Å². The minimum atomic E-state index is 0.908. The second kappa shape index (κ2) is 31.6. The zero-order valence-electron chi connectivity index (χ0n) is 73.3. The summed E-state index contributed by atoms with van der Waals surface area (Å²) in [5.41, 5.74) is 31.9. The summed E-state index contributed by atoms with van der Waals surface area (Å²) < 4.78 is 21.0. The number of hydrogen-bond donors (Lipinski definition) is 0. The lowest BCUT2D eigenvalue weighted by Crippen LogP contribution is -1.94. The predicted molar refractivity (Wildman–Crippen MR) is 573 cm³/mol. The minimum absolute atomic E-state index is 0.908. The molecular weight excluding hydrogens is 1660 g/mol. The van der Waals surface area contributed by atoms with E-state index in [9.17, 15) is 0 Å². The Bertz CT molecular complexity index is 9810. The number of fused-ring (bicyclic) bond motifs is 24. The largest absolute Gasteiger partial charge is 0.454 e. The van der Waals surface area contributed by atoms with E-state index >= 15 is 0 Å². The van der Waals surface area contributed by atoms with E-state index < -0.39 is 0 Å². The predicted octanol–water partition coefficient (Wildman–Crippen LogP) is 35.5. The summed E-state index contributed by atoms with van der Waals surface area (Å²) in [6.45, 7) is 0. The summed E-state index contributed by atoms with van der Waals surface area (Å²) in [4.78, 5) is 0. The van der Waals surface area contributed by atoms with Gasteiger partial charge in [0.1, 0.15) is 5.58 Å². The van der Waals surface area contributed by atoms with Gasteiger partial charge in [-0.25, -0.2) is 0 Å². The van der Waals surface area contributed by atoms with Gasteiger partial charge < -0.3 is 27.3 Å². The molecule has 0 aliphatic rings. The van der Waals surface area contributed by atoms with Crippen molar-refractivity contribution in [3.8, 4) is 84.1 Å². The van der Waals surface area contributed by atoms with Crippen LogP contribution in [0, 0.1) is 0 Å². The fraction of sp³-hybridized carbons (Fsp3) is 0. The van der Waals surface area contributed by atoms with E-state index in [1.54, 1.807) is 0 Å². The van der Waals surface area contributed by atoms with Gasteiger partial charge in [-0.1, -0.05) is 315 Å². The molecule has 7 heterocycles. The Hall–Kier alpha value is -17.6. The molecule has 0 spiro atoms. The zero-order valence-corrected chi connectivity index (χ0v) is 74.1. The zero-order chi connectivity index (χ0) is 88.7. The molecule has 630 valence electrons. The number of para-hydroxylation sites is 9. The average molecular weight is 1740 g/mol. The highest BCUT2D eigenvalue weighted by molar-refractivity contribution is 7.25. The van der Waals surface area contributed by atoms with Gasteiger partial charge in [0.2, 0.25) is 0 Å². The Morgan fingerprint density at radius 2 is 0.437 bits per heavy atom. The van der Waals surface area contributed by atoms with Crippen LogP contribution in [-0.4, -0.2) is 22.8 Å². The molecule has 135 heavy (non-hydrogen) atoms. The number of hydrogen-bond acceptors (Lipinski definition) is 2. The third-order valence-corrected chi connectivity index (χ3v) is 29.0. The molecule has 7 aromatic heterocycles. The molecule has 0 atom stereocenters. The maximum absolute atomic E-state index is 6.49. The maximum Gasteiger partial charge on any atom is 0.159 e. The minimum Gasteiger partial charge on any atom is -0.454 e. The van der Waals surface area contributed by atoms with E-state index in [1.807, 2.05) is 23.5 Å². The lowest BCUT2D eigenvalue weighted by molar-refractivity contribution is 0.666. The van der Waals surface area contributed by atoms with Crippen molar-refractivity contribution >= 4 is 184 Å². The van der Waals surface area contributed by atoms with Crippen molar-refractivity contribution in [1.82, 2.24) is 22.8 Å². The Balaban J connectivity index is 0.000000103. The first-order chi connectivity index (χ1) is 66.9. The molecule has 6 nitrogen and oxygen atoms in total. The Kier molecular flexibility index (Phi) is 18.1. The van der Waals surface area contributed by atoms with Crippen molar-refractivity contribution in [3.05, 3.63) is 491 Å². The van der Waals surface area contributed by atoms with Gasteiger partial charge >= 0.3 is 0 Å². The normalized spacial score (nSPS) is 11.9. The third kappa shape index (κ3) is 12.8. The molecule has 0 saturated carbocycles. The topological polar surface area (TPSA) is 37.8 Å². The lowest BCUT2D eigenvalue weighted by atomic mass is 9.99. The molecule has 7 heteroatoms. The van der Waals surface area contributed by atoms with E-state index in [4.69, 9.17) is 4.42 Å². The summed E-state index contributed by atoms with van der Waals surface area (Å²) in [7, 11) is 0. The van der Waals surface area contributed by atoms with Crippen LogP contribution in [0.4, 0.5) is 0 Å². The SMILES string of the molecule is c1ccc(-c2ccc(-n3c4ccccc4c4cc(-c5ccc6sc7ccc(-c8ccccc8)cc7c6c5)ccc43)cc2)cc1.c1ccc(-n2c3ccccc3c3cc(-c4ccc5c(c4)c4ccccc4n5-c4ccc5c(ccc6ccccc65)c4)ccc32)cc1.c1ccc(-n2c3ccccc3c3cc(-c4ccc5c(c4)c4ccccc4n5-c4cccc5c4oc4ccccc45)ccc32)cc1. The number of thiophene rings is 1. The van der Waals surface area contributed by atoms with Crippen molar-refractivity contribution in [2.24, 2.45) is 0 Å². The first kappa shape index (κ1) is 77.3. The molecule has 0 radical (unpaired) electrons. The molecule has 0 amide bonds. The van der Waals surface area contributed by atoms with Gasteiger partial charge in [0, 0.05) is 108 Å². The molecule has 0 bridgehead atoms. The van der Waals surface area contributed by atoms with Crippen molar-refractivity contribution in [3.63, 3.8) is 0 Å². The number of benzene rings is 22. The highest BCUT2D eigenvalue weighted by Gasteiger charge is 2.24. The monoisotopic (exact) mass is 1740 g/mol. The van der Waals surface area contributed by atoms with Crippen LogP contribution in [0.2, 0.25) is 0 Å². The van der Waals surface area contributed by atoms with Gasteiger partial charge in [-0.15, -0.1) is 11.3 Å². The lowest BCUT2D eigenvalue weighted by Gasteiger charge is -2.11. The van der Waals surface area contributed by atoms with Crippen molar-refractivity contribution in [2.45, 2.75) is 0 Å². The molecule has 0 aliphatic carbocycles. The molecule has 0 fully saturated rings. The van der Waals surface area contributed by atoms with E-state index in [0.29, 0.717) is 0 Å². The van der Waals surface area contributed by atoms with Crippen molar-refractivity contribution < 1.29 is 4.42 Å². The van der Waals surface area contributed by atoms with Gasteiger partial charge in [0.25, 0.3) is 0 Å². The number of rotatable bonds is 10. The second-order valence-electron chi connectivity index (χ2n) is 35.3. The highest BCUT2D eigenvalue weighted by atomic mass is 32.1. The van der Waals surface area contributed by atoms with Crippen LogP contribution in [0.5, 0.6) is 0 Å². The third-order valence-electron chi connectivity index (χ3n) is 27.8. The van der Waals surface area contributed by atoms with Gasteiger partial charge in [0.05, 0.1) is 60.9 Å². The molecule has 0 N–H and O–H groups in total.